The number of nitrogens with one attached hydrogen (secondary N) is 2. The number of sulfonamides is 1. The molecule has 0 aromatic carbocycles. The smallest absolute Gasteiger partial charge is 0.265 e. The average molecular weight is 240 g/mol. The fourth-order valence-electron chi connectivity index (χ4n) is 1.01. The zero-order valence-electron chi connectivity index (χ0n) is 7.95. The maximum absolute atomic E-state index is 11.7. The minimum absolute atomic E-state index is 0.0263. The molecule has 2 heterocycles. The molecular formula is C7H8N6O2S. The Labute approximate surface area is 91.0 Å². The summed E-state index contributed by atoms with van der Waals surface area (Å²) in [6.45, 7) is 0. The first-order valence-electron chi connectivity index (χ1n) is 4.19. The summed E-state index contributed by atoms with van der Waals surface area (Å²) in [5.41, 5.74) is 5.26. The van der Waals surface area contributed by atoms with Gasteiger partial charge in [-0.15, -0.1) is 5.10 Å². The molecule has 0 saturated heterocycles. The van der Waals surface area contributed by atoms with Crippen LogP contribution in [0.2, 0.25) is 0 Å². The highest BCUT2D eigenvalue weighted by Crippen LogP contribution is 2.11. The molecule has 0 spiro atoms. The molecule has 0 saturated carbocycles. The van der Waals surface area contributed by atoms with Gasteiger partial charge in [-0.25, -0.2) is 18.2 Å². The molecule has 8 nitrogen and oxygen atoms in total. The second kappa shape index (κ2) is 3.77. The van der Waals surface area contributed by atoms with Gasteiger partial charge in [0.2, 0.25) is 5.95 Å². The van der Waals surface area contributed by atoms with Crippen molar-refractivity contribution in [3.05, 3.63) is 24.5 Å². The van der Waals surface area contributed by atoms with E-state index >= 15 is 0 Å². The van der Waals surface area contributed by atoms with Crippen LogP contribution in [0, 0.1) is 0 Å². The van der Waals surface area contributed by atoms with E-state index in [1.165, 1.54) is 24.5 Å². The lowest BCUT2D eigenvalue weighted by Gasteiger charge is -2.02. The largest absolute Gasteiger partial charge is 0.368 e. The number of hydrogen-bond acceptors (Lipinski definition) is 6. The maximum atomic E-state index is 11.7. The molecule has 2 aromatic heterocycles. The van der Waals surface area contributed by atoms with Crippen LogP contribution in [0.5, 0.6) is 0 Å². The lowest BCUT2D eigenvalue weighted by molar-refractivity contribution is 0.600. The zero-order valence-corrected chi connectivity index (χ0v) is 8.77. The first-order chi connectivity index (χ1) is 7.58. The molecule has 0 fully saturated rings. The summed E-state index contributed by atoms with van der Waals surface area (Å²) in [6.07, 6.45) is 2.70. The summed E-state index contributed by atoms with van der Waals surface area (Å²) in [6, 6.07) is 2.92. The number of nitrogen functional groups attached to an aromatic ring is 1. The molecule has 9 heteroatoms. The van der Waals surface area contributed by atoms with Gasteiger partial charge in [-0.2, -0.15) is 4.98 Å². The van der Waals surface area contributed by atoms with Crippen molar-refractivity contribution in [3.8, 4) is 0 Å². The second-order valence-corrected chi connectivity index (χ2v) is 4.52. The normalized spacial score (nSPS) is 11.2. The number of rotatable bonds is 3. The number of hydrogen-bond donors (Lipinski definition) is 3. The predicted octanol–water partition coefficient (Wildman–Crippen LogP) is -0.417. The third kappa shape index (κ3) is 2.08. The van der Waals surface area contributed by atoms with Crippen molar-refractivity contribution >= 4 is 21.9 Å². The Bertz CT molecular complexity index is 578. The Morgan fingerprint density at radius 3 is 2.81 bits per heavy atom. The molecule has 4 N–H and O–H groups in total. The molecule has 0 atom stereocenters. The van der Waals surface area contributed by atoms with Crippen molar-refractivity contribution in [2.45, 2.75) is 4.90 Å². The summed E-state index contributed by atoms with van der Waals surface area (Å²) < 4.78 is 25.6. The third-order valence-corrected chi connectivity index (χ3v) is 2.99. The Morgan fingerprint density at radius 1 is 1.44 bits per heavy atom. The number of nitrogens with two attached hydrogens (primary N) is 1. The van der Waals surface area contributed by atoms with E-state index in [0.717, 1.165) is 0 Å². The van der Waals surface area contributed by atoms with Crippen LogP contribution in [0.1, 0.15) is 0 Å². The van der Waals surface area contributed by atoms with E-state index in [1.807, 2.05) is 0 Å². The Balaban J connectivity index is 2.28. The van der Waals surface area contributed by atoms with Gasteiger partial charge in [0.15, 0.2) is 0 Å². The van der Waals surface area contributed by atoms with Crippen LogP contribution in [0.3, 0.4) is 0 Å². The molecule has 2 aromatic rings. The number of anilines is 2. The van der Waals surface area contributed by atoms with Crippen LogP contribution in [-0.2, 0) is 10.0 Å². The van der Waals surface area contributed by atoms with Crippen LogP contribution in [0.4, 0.5) is 11.9 Å². The van der Waals surface area contributed by atoms with Crippen LogP contribution >= 0.6 is 0 Å². The Kier molecular flexibility index (Phi) is 2.44. The molecule has 84 valence electrons. The van der Waals surface area contributed by atoms with Gasteiger partial charge in [0.1, 0.15) is 4.90 Å². The fourth-order valence-corrected chi connectivity index (χ4v) is 1.91. The molecule has 0 aliphatic rings. The molecule has 0 amide bonds. The van der Waals surface area contributed by atoms with Crippen molar-refractivity contribution < 1.29 is 8.42 Å². The van der Waals surface area contributed by atoms with Crippen molar-refractivity contribution in [2.75, 3.05) is 10.5 Å². The molecule has 16 heavy (non-hydrogen) atoms. The van der Waals surface area contributed by atoms with Crippen LogP contribution in [-0.4, -0.2) is 28.6 Å². The second-order valence-electron chi connectivity index (χ2n) is 2.84. The van der Waals surface area contributed by atoms with Gasteiger partial charge in [-0.05, 0) is 12.1 Å². The monoisotopic (exact) mass is 240 g/mol. The van der Waals surface area contributed by atoms with E-state index in [1.54, 1.807) is 0 Å². The quantitative estimate of drug-likeness (QED) is 0.668. The highest BCUT2D eigenvalue weighted by molar-refractivity contribution is 7.92. The molecular weight excluding hydrogens is 232 g/mol. The molecule has 0 aliphatic heterocycles. The van der Waals surface area contributed by atoms with E-state index in [2.05, 4.69) is 24.9 Å². The highest BCUT2D eigenvalue weighted by atomic mass is 32.2. The van der Waals surface area contributed by atoms with Crippen LogP contribution in [0.25, 0.3) is 0 Å². The SMILES string of the molecule is Nc1nc(NS(=O)(=O)c2cccnc2)n[nH]1. The number of pyridine rings is 1. The fraction of sp³-hybridized carbons (Fsp3) is 0. The number of aromatic amines is 1. The first kappa shape index (κ1) is 10.4. The van der Waals surface area contributed by atoms with E-state index in [-0.39, 0.29) is 16.8 Å². The van der Waals surface area contributed by atoms with Gasteiger partial charge >= 0.3 is 0 Å². The van der Waals surface area contributed by atoms with Crippen LogP contribution in [0.15, 0.2) is 29.4 Å². The van der Waals surface area contributed by atoms with Gasteiger partial charge in [-0.1, -0.05) is 0 Å². The van der Waals surface area contributed by atoms with Crippen molar-refractivity contribution in [2.24, 2.45) is 0 Å². The minimum Gasteiger partial charge on any atom is -0.368 e. The Morgan fingerprint density at radius 2 is 2.25 bits per heavy atom. The predicted molar refractivity (Wildman–Crippen MR) is 55.8 cm³/mol. The van der Waals surface area contributed by atoms with Crippen molar-refractivity contribution in [1.29, 1.82) is 0 Å². The molecule has 0 aliphatic carbocycles. The standard InChI is InChI=1S/C7H8N6O2S/c8-6-10-7(12-11-6)13-16(14,15)5-2-1-3-9-4-5/h1-4H,(H4,8,10,11,12,13). The van der Waals surface area contributed by atoms with Gasteiger partial charge in [-0.3, -0.25) is 4.98 Å². The zero-order chi connectivity index (χ0) is 11.6. The van der Waals surface area contributed by atoms with Gasteiger partial charge in [0.05, 0.1) is 0 Å². The molecule has 2 rings (SSSR count). The number of aromatic nitrogens is 4. The van der Waals surface area contributed by atoms with Crippen molar-refractivity contribution in [3.63, 3.8) is 0 Å². The maximum Gasteiger partial charge on any atom is 0.265 e. The molecule has 0 bridgehead atoms. The van der Waals surface area contributed by atoms with E-state index in [0.29, 0.717) is 0 Å². The molecule has 0 radical (unpaired) electrons. The van der Waals surface area contributed by atoms with E-state index < -0.39 is 10.0 Å². The van der Waals surface area contributed by atoms with Gasteiger partial charge in [0.25, 0.3) is 16.0 Å². The third-order valence-electron chi connectivity index (χ3n) is 1.67. The highest BCUT2D eigenvalue weighted by Gasteiger charge is 2.16. The summed E-state index contributed by atoms with van der Waals surface area (Å²) in [7, 11) is -3.71. The lowest BCUT2D eigenvalue weighted by Crippen LogP contribution is -2.14. The average Bonchev–Trinajstić information content (AvgIpc) is 2.64. The van der Waals surface area contributed by atoms with Gasteiger partial charge < -0.3 is 5.73 Å². The number of H-pyrrole nitrogens is 1. The summed E-state index contributed by atoms with van der Waals surface area (Å²) in [4.78, 5) is 7.35. The lowest BCUT2D eigenvalue weighted by atomic mass is 10.5. The van der Waals surface area contributed by atoms with E-state index in [4.69, 9.17) is 5.73 Å². The van der Waals surface area contributed by atoms with Gasteiger partial charge in [0, 0.05) is 12.4 Å². The van der Waals surface area contributed by atoms with Crippen LogP contribution < -0.4 is 10.5 Å². The number of nitrogens with zero attached hydrogens (tertiary/aromatic N) is 3. The summed E-state index contributed by atoms with van der Waals surface area (Å²) in [5.74, 6) is -0.0785. The minimum atomic E-state index is -3.71. The van der Waals surface area contributed by atoms with Crippen molar-refractivity contribution in [1.82, 2.24) is 20.2 Å². The first-order valence-corrected chi connectivity index (χ1v) is 5.67. The summed E-state index contributed by atoms with van der Waals surface area (Å²) in [5, 5.41) is 5.87. The van der Waals surface area contributed by atoms with E-state index in [9.17, 15) is 8.42 Å². The topological polar surface area (TPSA) is 127 Å². The molecule has 0 unspecified atom stereocenters. The summed E-state index contributed by atoms with van der Waals surface area (Å²) >= 11 is 0. The Hall–Kier alpha value is -2.16.